The van der Waals surface area contributed by atoms with Crippen LogP contribution in [0.1, 0.15) is 22.8 Å². The van der Waals surface area contributed by atoms with Gasteiger partial charge < -0.3 is 9.84 Å². The number of sulfonamides is 1. The normalized spacial score (nSPS) is 13.5. The van der Waals surface area contributed by atoms with Crippen LogP contribution in [0.4, 0.5) is 4.39 Å². The molecule has 0 aliphatic carbocycles. The molecule has 0 fully saturated rings. The highest BCUT2D eigenvalue weighted by molar-refractivity contribution is 7.89. The molecule has 0 unspecified atom stereocenters. The van der Waals surface area contributed by atoms with Gasteiger partial charge in [0.05, 0.1) is 29.3 Å². The van der Waals surface area contributed by atoms with E-state index in [9.17, 15) is 22.7 Å². The summed E-state index contributed by atoms with van der Waals surface area (Å²) in [6.07, 6.45) is 0.0499. The summed E-state index contributed by atoms with van der Waals surface area (Å²) in [4.78, 5) is 12.7. The summed E-state index contributed by atoms with van der Waals surface area (Å²) in [5, 5.41) is 13.6. The molecule has 0 saturated carbocycles. The zero-order valence-electron chi connectivity index (χ0n) is 19.2. The number of aliphatic hydroxyl groups excluding tert-OH is 1. The molecule has 2 rings (SSSR count). The number of aromatic nitrogens is 2. The van der Waals surface area contributed by atoms with Gasteiger partial charge in [-0.3, -0.25) is 4.79 Å². The first-order valence-corrected chi connectivity index (χ1v) is 15.5. The molecule has 0 aliphatic heterocycles. The second kappa shape index (κ2) is 10.8. The number of aliphatic hydroxyl groups is 1. The minimum Gasteiger partial charge on any atom is -0.392 e. The molecule has 1 atom stereocenters. The number of rotatable bonds is 12. The number of benzene rings is 1. The first kappa shape index (κ1) is 26.3. The highest BCUT2D eigenvalue weighted by Crippen LogP contribution is 2.18. The highest BCUT2D eigenvalue weighted by atomic mass is 32.2. The van der Waals surface area contributed by atoms with E-state index >= 15 is 0 Å². The van der Waals surface area contributed by atoms with Crippen molar-refractivity contribution in [3.05, 3.63) is 47.5 Å². The van der Waals surface area contributed by atoms with Gasteiger partial charge in [-0.05, 0) is 32.0 Å². The molecule has 2 aromatic rings. The number of hydrogen-bond acceptors (Lipinski definition) is 6. The summed E-state index contributed by atoms with van der Waals surface area (Å²) < 4.78 is 48.0. The molecule has 11 heteroatoms. The minimum absolute atomic E-state index is 0.0106. The third-order valence-electron chi connectivity index (χ3n) is 4.73. The number of ether oxygens (including phenoxy) is 1. The van der Waals surface area contributed by atoms with Crippen molar-refractivity contribution in [1.82, 2.24) is 14.1 Å². The average Bonchev–Trinajstić information content (AvgIpc) is 3.04. The number of aryl methyl sites for hydroxylation is 1. The Hall–Kier alpha value is -1.92. The van der Waals surface area contributed by atoms with Crippen LogP contribution in [0.2, 0.25) is 25.7 Å². The third kappa shape index (κ3) is 7.31. The SMILES string of the molecule is Cc1ccc(S(=O)(=O)N(CC(=O)c2cnn(COCC[Si](C)(C)C)c2F)C[C@@H](C)O)cc1. The van der Waals surface area contributed by atoms with Crippen LogP contribution >= 0.6 is 0 Å². The lowest BCUT2D eigenvalue weighted by molar-refractivity contribution is 0.0694. The minimum atomic E-state index is -4.07. The molecule has 1 aromatic heterocycles. The monoisotopic (exact) mass is 485 g/mol. The van der Waals surface area contributed by atoms with Crippen LogP contribution in [-0.4, -0.2) is 67.3 Å². The lowest BCUT2D eigenvalue weighted by atomic mass is 10.2. The average molecular weight is 486 g/mol. The summed E-state index contributed by atoms with van der Waals surface area (Å²) >= 11 is 0. The fraction of sp³-hybridized carbons (Fsp3) is 0.524. The quantitative estimate of drug-likeness (QED) is 0.282. The summed E-state index contributed by atoms with van der Waals surface area (Å²) in [6.45, 7) is 9.23. The Morgan fingerprint density at radius 1 is 1.28 bits per heavy atom. The Morgan fingerprint density at radius 2 is 1.91 bits per heavy atom. The Labute approximate surface area is 190 Å². The summed E-state index contributed by atoms with van der Waals surface area (Å²) in [5.74, 6) is -1.64. The van der Waals surface area contributed by atoms with Crippen molar-refractivity contribution >= 4 is 23.9 Å². The van der Waals surface area contributed by atoms with Crippen molar-refractivity contribution in [2.24, 2.45) is 0 Å². The van der Waals surface area contributed by atoms with Crippen LogP contribution in [0.3, 0.4) is 0 Å². The maximum atomic E-state index is 14.7. The third-order valence-corrected chi connectivity index (χ3v) is 8.26. The Morgan fingerprint density at radius 3 is 2.47 bits per heavy atom. The van der Waals surface area contributed by atoms with Gasteiger partial charge >= 0.3 is 0 Å². The number of ketones is 1. The standard InChI is InChI=1S/C21H32FN3O5SSi/c1-16-6-8-18(9-7-16)31(28,29)24(13-17(2)26)14-20(27)19-12-23-25(21(19)22)15-30-10-11-32(3,4)5/h6-9,12,17,26H,10-11,13-15H2,1-5H3/t17-/m1/s1. The number of nitrogens with zero attached hydrogens (tertiary/aromatic N) is 3. The van der Waals surface area contributed by atoms with Crippen LogP contribution in [0.5, 0.6) is 0 Å². The van der Waals surface area contributed by atoms with E-state index in [4.69, 9.17) is 4.74 Å². The Bertz CT molecular complexity index is 1020. The van der Waals surface area contributed by atoms with Gasteiger partial charge in [0.1, 0.15) is 6.73 Å². The van der Waals surface area contributed by atoms with Crippen molar-refractivity contribution in [3.63, 3.8) is 0 Å². The van der Waals surface area contributed by atoms with Crippen molar-refractivity contribution in [3.8, 4) is 0 Å². The number of halogens is 1. The molecular formula is C21H32FN3O5SSi. The van der Waals surface area contributed by atoms with Gasteiger partial charge in [-0.15, -0.1) is 0 Å². The molecule has 178 valence electrons. The van der Waals surface area contributed by atoms with Crippen LogP contribution in [0.15, 0.2) is 35.4 Å². The molecule has 0 saturated heterocycles. The zero-order valence-corrected chi connectivity index (χ0v) is 21.0. The lowest BCUT2D eigenvalue weighted by Crippen LogP contribution is -2.40. The number of Topliss-reactive ketones (excluding diaryl/α,β-unsaturated/α-hetero) is 1. The largest absolute Gasteiger partial charge is 0.392 e. The van der Waals surface area contributed by atoms with Crippen LogP contribution < -0.4 is 0 Å². The first-order valence-electron chi connectivity index (χ1n) is 10.4. The van der Waals surface area contributed by atoms with E-state index in [0.717, 1.165) is 26.8 Å². The van der Waals surface area contributed by atoms with E-state index in [1.54, 1.807) is 12.1 Å². The van der Waals surface area contributed by atoms with Gasteiger partial charge in [0.2, 0.25) is 16.0 Å². The first-order chi connectivity index (χ1) is 14.8. The van der Waals surface area contributed by atoms with E-state index in [1.165, 1.54) is 19.1 Å². The number of carbonyl (C=O) groups excluding carboxylic acids is 1. The number of carbonyl (C=O) groups is 1. The van der Waals surface area contributed by atoms with E-state index in [1.807, 2.05) is 6.92 Å². The van der Waals surface area contributed by atoms with Gasteiger partial charge in [-0.2, -0.15) is 13.8 Å². The molecule has 0 aliphatic rings. The Balaban J connectivity index is 2.15. The second-order valence-electron chi connectivity index (χ2n) is 9.08. The van der Waals surface area contributed by atoms with Crippen LogP contribution in [-0.2, 0) is 21.5 Å². The predicted molar refractivity (Wildman–Crippen MR) is 122 cm³/mol. The highest BCUT2D eigenvalue weighted by Gasteiger charge is 2.30. The smallest absolute Gasteiger partial charge is 0.243 e. The topological polar surface area (TPSA) is 102 Å². The molecule has 1 aromatic carbocycles. The van der Waals surface area contributed by atoms with Crippen LogP contribution in [0.25, 0.3) is 0 Å². The maximum Gasteiger partial charge on any atom is 0.243 e. The van der Waals surface area contributed by atoms with E-state index in [-0.39, 0.29) is 23.7 Å². The van der Waals surface area contributed by atoms with E-state index in [0.29, 0.717) is 6.61 Å². The zero-order chi connectivity index (χ0) is 24.1. The van der Waals surface area contributed by atoms with Crippen molar-refractivity contribution in [2.45, 2.75) is 57.3 Å². The molecule has 8 nitrogen and oxygen atoms in total. The van der Waals surface area contributed by atoms with Gasteiger partial charge in [0.25, 0.3) is 0 Å². The van der Waals surface area contributed by atoms with Crippen molar-refractivity contribution in [1.29, 1.82) is 0 Å². The second-order valence-corrected chi connectivity index (χ2v) is 16.6. The lowest BCUT2D eigenvalue weighted by Gasteiger charge is -2.22. The summed E-state index contributed by atoms with van der Waals surface area (Å²) in [5.41, 5.74) is 0.553. The molecule has 0 spiro atoms. The van der Waals surface area contributed by atoms with Gasteiger partial charge in [-0.1, -0.05) is 37.3 Å². The molecule has 0 amide bonds. The Kier molecular flexibility index (Phi) is 8.88. The fourth-order valence-corrected chi connectivity index (χ4v) is 5.06. The van der Waals surface area contributed by atoms with E-state index in [2.05, 4.69) is 24.7 Å². The predicted octanol–water partition coefficient (Wildman–Crippen LogP) is 2.90. The molecule has 0 bridgehead atoms. The molecule has 1 heterocycles. The van der Waals surface area contributed by atoms with Crippen molar-refractivity contribution < 1.29 is 27.4 Å². The molecule has 32 heavy (non-hydrogen) atoms. The maximum absolute atomic E-state index is 14.7. The van der Waals surface area contributed by atoms with Gasteiger partial charge in [-0.25, -0.2) is 13.1 Å². The number of hydrogen-bond donors (Lipinski definition) is 1. The summed E-state index contributed by atoms with van der Waals surface area (Å²) in [6, 6.07) is 7.05. The molecule has 0 radical (unpaired) electrons. The van der Waals surface area contributed by atoms with E-state index < -0.39 is 42.5 Å². The van der Waals surface area contributed by atoms with Gasteiger partial charge in [0.15, 0.2) is 5.78 Å². The molecular weight excluding hydrogens is 453 g/mol. The molecule has 1 N–H and O–H groups in total. The van der Waals surface area contributed by atoms with Crippen molar-refractivity contribution in [2.75, 3.05) is 19.7 Å². The summed E-state index contributed by atoms with van der Waals surface area (Å²) in [7, 11) is -5.36. The van der Waals surface area contributed by atoms with Gasteiger partial charge in [0, 0.05) is 21.2 Å². The fourth-order valence-electron chi connectivity index (χ4n) is 2.82. The van der Waals surface area contributed by atoms with Crippen LogP contribution in [0, 0.1) is 12.9 Å².